The maximum Gasteiger partial charge on any atom is 0.332 e. The number of urea groups is 2. The average Bonchev–Trinajstić information content (AvgIpc) is 3.10. The summed E-state index contributed by atoms with van der Waals surface area (Å²) in [6.07, 6.45) is 3.38. The Morgan fingerprint density at radius 2 is 1.20 bits per heavy atom. The zero-order valence-electron chi connectivity index (χ0n) is 33.4. The van der Waals surface area contributed by atoms with Gasteiger partial charge in [0.1, 0.15) is 0 Å². The highest BCUT2D eigenvalue weighted by Gasteiger charge is 2.34. The van der Waals surface area contributed by atoms with Gasteiger partial charge in [-0.05, 0) is 110 Å². The quantitative estimate of drug-likeness (QED) is 0.163. The van der Waals surface area contributed by atoms with Crippen LogP contribution >= 0.6 is 11.6 Å². The van der Waals surface area contributed by atoms with Crippen LogP contribution in [0.15, 0.2) is 30.3 Å². The third-order valence-electron chi connectivity index (χ3n) is 10.9. The number of likely N-dealkylation sites (tertiary alicyclic amines) is 2. The number of para-hydroxylation sites is 1. The monoisotopic (exact) mass is 822 g/mol. The number of benzene rings is 2. The van der Waals surface area contributed by atoms with E-state index in [1.54, 1.807) is 6.07 Å². The number of nitrogens with zero attached hydrogens (tertiary/aromatic N) is 2. The van der Waals surface area contributed by atoms with E-state index in [2.05, 4.69) is 20.1 Å². The van der Waals surface area contributed by atoms with Crippen LogP contribution < -0.4 is 20.1 Å². The van der Waals surface area contributed by atoms with Gasteiger partial charge >= 0.3 is 12.1 Å². The third-order valence-corrected chi connectivity index (χ3v) is 14.5. The highest BCUT2D eigenvalue weighted by atomic mass is 35.5. The van der Waals surface area contributed by atoms with Crippen molar-refractivity contribution in [1.82, 2.24) is 19.2 Å². The van der Waals surface area contributed by atoms with E-state index in [1.165, 1.54) is 11.8 Å². The summed E-state index contributed by atoms with van der Waals surface area (Å²) in [5, 5.41) is 4.65. The van der Waals surface area contributed by atoms with Crippen LogP contribution in [0.5, 0.6) is 0 Å². The summed E-state index contributed by atoms with van der Waals surface area (Å²) < 4.78 is 57.3. The summed E-state index contributed by atoms with van der Waals surface area (Å²) in [4.78, 5) is 42.0. The molecule has 0 radical (unpaired) electrons. The van der Waals surface area contributed by atoms with Crippen molar-refractivity contribution in [3.05, 3.63) is 57.6 Å². The highest BCUT2D eigenvalue weighted by molar-refractivity contribution is 7.91. The molecule has 5 amide bonds. The van der Waals surface area contributed by atoms with Gasteiger partial charge in [0, 0.05) is 43.0 Å². The van der Waals surface area contributed by atoms with Crippen molar-refractivity contribution in [2.24, 2.45) is 0 Å². The van der Waals surface area contributed by atoms with Crippen LogP contribution in [0.2, 0.25) is 5.02 Å². The van der Waals surface area contributed by atoms with Crippen molar-refractivity contribution in [2.75, 3.05) is 43.9 Å². The summed E-state index contributed by atoms with van der Waals surface area (Å²) in [7, 11) is -6.12. The Labute approximate surface area is 332 Å². The van der Waals surface area contributed by atoms with Crippen molar-refractivity contribution in [3.8, 4) is 0 Å². The lowest BCUT2D eigenvalue weighted by molar-refractivity contribution is -0.129. The molecule has 2 fully saturated rings. The zero-order valence-corrected chi connectivity index (χ0v) is 35.8. The zero-order chi connectivity index (χ0) is 40.8. The summed E-state index contributed by atoms with van der Waals surface area (Å²) in [6, 6.07) is 7.68. The molecule has 2 aromatic carbocycles. The number of carbonyl (C=O) groups is 3. The van der Waals surface area contributed by atoms with E-state index < -0.39 is 42.6 Å². The number of sulfonamides is 2. The molecule has 4 rings (SSSR count). The number of nitrogens with one attached hydrogen (secondary N) is 4. The number of hydrogen-bond acceptors (Lipinski definition) is 8. The maximum atomic E-state index is 13.3. The number of anilines is 2. The Kier molecular flexibility index (Phi) is 15.1. The van der Waals surface area contributed by atoms with E-state index >= 15 is 0 Å². The number of amides is 5. The van der Waals surface area contributed by atoms with Gasteiger partial charge in [0.2, 0.25) is 26.0 Å². The molecule has 0 spiro atoms. The van der Waals surface area contributed by atoms with Crippen LogP contribution in [-0.4, -0.2) is 88.3 Å². The van der Waals surface area contributed by atoms with Gasteiger partial charge in [0.15, 0.2) is 0 Å². The Bertz CT molecular complexity index is 1940. The van der Waals surface area contributed by atoms with Crippen LogP contribution in [0, 0.1) is 0 Å². The van der Waals surface area contributed by atoms with Gasteiger partial charge in [0.25, 0.3) is 0 Å². The molecule has 55 heavy (non-hydrogen) atoms. The fraction of sp³-hybridized carbons (Fsp3) is 0.615. The minimum atomic E-state index is -4.07. The smallest absolute Gasteiger partial charge is 0.332 e. The average molecular weight is 824 g/mol. The topological polar surface area (TPSA) is 174 Å². The molecule has 4 N–H and O–H groups in total. The molecule has 0 aromatic heterocycles. The minimum Gasteiger partial charge on any atom is -0.342 e. The van der Waals surface area contributed by atoms with Crippen LogP contribution in [0.25, 0.3) is 0 Å². The number of halogens is 1. The van der Waals surface area contributed by atoms with E-state index in [-0.39, 0.29) is 36.1 Å². The van der Waals surface area contributed by atoms with Gasteiger partial charge in [0.05, 0.1) is 10.5 Å². The molecule has 306 valence electrons. The lowest BCUT2D eigenvalue weighted by Gasteiger charge is -2.31. The Balaban J connectivity index is 1.53. The second-order valence-electron chi connectivity index (χ2n) is 15.9. The Morgan fingerprint density at radius 1 is 0.727 bits per heavy atom. The normalized spacial score (nSPS) is 19.5. The van der Waals surface area contributed by atoms with E-state index in [9.17, 15) is 31.2 Å². The van der Waals surface area contributed by atoms with Gasteiger partial charge in [-0.15, -0.1) is 0 Å². The van der Waals surface area contributed by atoms with Gasteiger partial charge in [-0.1, -0.05) is 71.3 Å². The summed E-state index contributed by atoms with van der Waals surface area (Å²) >= 11 is 6.62. The Hall–Kier alpha value is -3.40. The molecule has 2 aliphatic heterocycles. The van der Waals surface area contributed by atoms with E-state index in [0.29, 0.717) is 61.6 Å². The molecule has 13 nitrogen and oxygen atoms in total. The number of rotatable bonds is 13. The first kappa shape index (κ1) is 44.3. The fourth-order valence-corrected chi connectivity index (χ4v) is 10.6. The Morgan fingerprint density at radius 3 is 1.73 bits per heavy atom. The van der Waals surface area contributed by atoms with Crippen molar-refractivity contribution >= 4 is 61.0 Å². The van der Waals surface area contributed by atoms with E-state index in [1.807, 2.05) is 77.8 Å². The second-order valence-corrected chi connectivity index (χ2v) is 20.3. The second kappa shape index (κ2) is 18.7. The van der Waals surface area contributed by atoms with Crippen LogP contribution in [0.1, 0.15) is 133 Å². The number of piperidine rings is 2. The van der Waals surface area contributed by atoms with Crippen LogP contribution in [0.4, 0.5) is 21.0 Å². The first-order valence-electron chi connectivity index (χ1n) is 19.3. The van der Waals surface area contributed by atoms with E-state index in [0.717, 1.165) is 35.2 Å². The van der Waals surface area contributed by atoms with E-state index in [4.69, 9.17) is 11.6 Å². The molecular weight excluding hydrogens is 764 g/mol. The van der Waals surface area contributed by atoms with Gasteiger partial charge in [-0.2, -0.15) is 0 Å². The number of hydrogen-bond donors (Lipinski definition) is 4. The molecule has 4 atom stereocenters. The number of carbonyl (C=O) groups excluding carboxylic acids is 3. The summed E-state index contributed by atoms with van der Waals surface area (Å²) in [6.45, 7) is 15.1. The summed E-state index contributed by atoms with van der Waals surface area (Å²) in [5.41, 5.74) is 4.34. The predicted octanol–water partition coefficient (Wildman–Crippen LogP) is 7.28. The molecule has 16 heteroatoms. The minimum absolute atomic E-state index is 0.0176. The van der Waals surface area contributed by atoms with Gasteiger partial charge in [-0.3, -0.25) is 4.79 Å². The summed E-state index contributed by atoms with van der Waals surface area (Å²) in [5.74, 6) is -0.427. The molecule has 2 aliphatic rings. The first-order chi connectivity index (χ1) is 25.7. The standard InChI is InChI=1S/C39H59ClN6O7S2/c1-24(2)32-14-9-15-33(36(32)41-38(48)44-55(52,53)31-13-11-19-46(23-31)28(7)47)26(5)16-17-27(6)35-21-29(40)20-34(25(3)4)37(35)42-39(49)43-54(50,51)30-12-10-18-45(8)22-30/h9,14-15,20-21,24-27,30-31H,10-13,16-19,22-23H2,1-8H3,(H2,41,44,48)(H2,42,43,49). The van der Waals surface area contributed by atoms with Gasteiger partial charge < -0.3 is 20.4 Å². The molecular formula is C39H59ClN6O7S2. The molecule has 0 saturated carbocycles. The van der Waals surface area contributed by atoms with Crippen molar-refractivity contribution in [2.45, 2.75) is 121 Å². The molecule has 0 bridgehead atoms. The van der Waals surface area contributed by atoms with Gasteiger partial charge in [-0.25, -0.2) is 35.9 Å². The first-order valence-corrected chi connectivity index (χ1v) is 22.7. The van der Waals surface area contributed by atoms with Crippen molar-refractivity contribution in [3.63, 3.8) is 0 Å². The molecule has 2 aromatic rings. The maximum absolute atomic E-state index is 13.3. The van der Waals surface area contributed by atoms with Crippen LogP contribution in [-0.2, 0) is 24.8 Å². The SMILES string of the molecule is CC(=O)N1CCCC(S(=O)(=O)NC(=O)Nc2c(C(C)C)cccc2C(C)CCC(C)c2cc(Cl)cc(C(C)C)c2NC(=O)NS(=O)(=O)C2CCCN(C)C2)C1. The lowest BCUT2D eigenvalue weighted by Crippen LogP contribution is -2.49. The molecule has 4 unspecified atom stereocenters. The molecule has 0 aliphatic carbocycles. The fourth-order valence-electron chi connectivity index (χ4n) is 7.63. The predicted molar refractivity (Wildman–Crippen MR) is 220 cm³/mol. The lowest BCUT2D eigenvalue weighted by atomic mass is 9.85. The van der Waals surface area contributed by atoms with Crippen molar-refractivity contribution in [1.29, 1.82) is 0 Å². The molecule has 2 saturated heterocycles. The largest absolute Gasteiger partial charge is 0.342 e. The molecule has 2 heterocycles. The van der Waals surface area contributed by atoms with Crippen molar-refractivity contribution < 1.29 is 31.2 Å². The third kappa shape index (κ3) is 11.6. The highest BCUT2D eigenvalue weighted by Crippen LogP contribution is 2.40. The van der Waals surface area contributed by atoms with Crippen LogP contribution in [0.3, 0.4) is 0 Å².